The Hall–Kier alpha value is -2.83. The van der Waals surface area contributed by atoms with Crippen molar-refractivity contribution in [2.75, 3.05) is 4.72 Å². The summed E-state index contributed by atoms with van der Waals surface area (Å²) in [7, 11) is -3.77. The molecule has 0 aromatic heterocycles. The summed E-state index contributed by atoms with van der Waals surface area (Å²) in [6, 6.07) is 21.1. The molecule has 0 bridgehead atoms. The number of rotatable bonds is 8. The smallest absolute Gasteiger partial charge is 0.261 e. The van der Waals surface area contributed by atoms with Crippen molar-refractivity contribution in [2.45, 2.75) is 37.6 Å². The summed E-state index contributed by atoms with van der Waals surface area (Å²) in [5.41, 5.74) is 2.77. The van der Waals surface area contributed by atoms with Gasteiger partial charge in [-0.25, -0.2) is 8.42 Å². The Labute approximate surface area is 188 Å². The summed E-state index contributed by atoms with van der Waals surface area (Å²) < 4.78 is 27.6. The van der Waals surface area contributed by atoms with Crippen LogP contribution >= 0.6 is 11.6 Å². The van der Waals surface area contributed by atoms with Crippen molar-refractivity contribution in [1.29, 1.82) is 0 Å². The lowest BCUT2D eigenvalue weighted by atomic mass is 10.1. The van der Waals surface area contributed by atoms with Crippen molar-refractivity contribution < 1.29 is 13.2 Å². The Balaban J connectivity index is 1.63. The standard InChI is InChI=1S/C24H25ClN2O3S/c1-17-8-13-21(14-9-17)31(29,30)27-23-15-12-20(16-22(23)25)24(28)26-18(2)10-11-19-6-4-3-5-7-19/h3-9,12-16,18,27H,10-11H2,1-2H3,(H,26,28). The van der Waals surface area contributed by atoms with Gasteiger partial charge < -0.3 is 5.32 Å². The average molecular weight is 457 g/mol. The molecule has 31 heavy (non-hydrogen) atoms. The second kappa shape index (κ2) is 9.98. The van der Waals surface area contributed by atoms with Crippen LogP contribution in [0.5, 0.6) is 0 Å². The van der Waals surface area contributed by atoms with Crippen LogP contribution in [0.25, 0.3) is 0 Å². The summed E-state index contributed by atoms with van der Waals surface area (Å²) in [4.78, 5) is 12.7. The molecule has 0 saturated carbocycles. The zero-order valence-electron chi connectivity index (χ0n) is 17.4. The van der Waals surface area contributed by atoms with Crippen LogP contribution in [0.1, 0.15) is 34.8 Å². The Kier molecular flexibility index (Phi) is 7.36. The Bertz CT molecular complexity index is 1150. The molecule has 2 N–H and O–H groups in total. The fourth-order valence-corrected chi connectivity index (χ4v) is 4.43. The Morgan fingerprint density at radius 3 is 2.32 bits per heavy atom. The van der Waals surface area contributed by atoms with E-state index in [0.29, 0.717) is 5.56 Å². The minimum Gasteiger partial charge on any atom is -0.350 e. The van der Waals surface area contributed by atoms with E-state index in [1.165, 1.54) is 29.8 Å². The van der Waals surface area contributed by atoms with E-state index in [9.17, 15) is 13.2 Å². The van der Waals surface area contributed by atoms with Crippen LogP contribution in [-0.4, -0.2) is 20.4 Å². The maximum atomic E-state index is 12.6. The third-order valence-corrected chi connectivity index (χ3v) is 6.59. The number of hydrogen-bond donors (Lipinski definition) is 2. The van der Waals surface area contributed by atoms with Gasteiger partial charge in [-0.3, -0.25) is 9.52 Å². The molecule has 0 aliphatic rings. The number of anilines is 1. The van der Waals surface area contributed by atoms with Crippen LogP contribution in [0.2, 0.25) is 5.02 Å². The fourth-order valence-electron chi connectivity index (χ4n) is 3.07. The molecule has 162 valence electrons. The van der Waals surface area contributed by atoms with E-state index in [1.807, 2.05) is 32.0 Å². The van der Waals surface area contributed by atoms with Crippen LogP contribution in [0, 0.1) is 6.92 Å². The second-order valence-corrected chi connectivity index (χ2v) is 9.60. The lowest BCUT2D eigenvalue weighted by Gasteiger charge is -2.15. The van der Waals surface area contributed by atoms with Gasteiger partial charge in [0.25, 0.3) is 15.9 Å². The molecule has 1 atom stereocenters. The van der Waals surface area contributed by atoms with E-state index in [2.05, 4.69) is 22.2 Å². The lowest BCUT2D eigenvalue weighted by molar-refractivity contribution is 0.0938. The minimum atomic E-state index is -3.77. The summed E-state index contributed by atoms with van der Waals surface area (Å²) in [5, 5.41) is 3.11. The molecular weight excluding hydrogens is 432 g/mol. The number of amides is 1. The molecular formula is C24H25ClN2O3S. The maximum Gasteiger partial charge on any atom is 0.261 e. The highest BCUT2D eigenvalue weighted by atomic mass is 35.5. The van der Waals surface area contributed by atoms with E-state index in [-0.39, 0.29) is 27.6 Å². The molecule has 0 saturated heterocycles. The molecule has 5 nitrogen and oxygen atoms in total. The van der Waals surface area contributed by atoms with Crippen LogP contribution < -0.4 is 10.0 Å². The summed E-state index contributed by atoms with van der Waals surface area (Å²) in [6.07, 6.45) is 1.67. The molecule has 0 aliphatic heterocycles. The van der Waals surface area contributed by atoms with Gasteiger partial charge >= 0.3 is 0 Å². The first-order chi connectivity index (χ1) is 14.7. The molecule has 0 heterocycles. The molecule has 7 heteroatoms. The van der Waals surface area contributed by atoms with Gasteiger partial charge in [0.15, 0.2) is 0 Å². The van der Waals surface area contributed by atoms with Crippen LogP contribution in [0.3, 0.4) is 0 Å². The molecule has 3 aromatic carbocycles. The summed E-state index contributed by atoms with van der Waals surface area (Å²) in [5.74, 6) is -0.254. The fraction of sp³-hybridized carbons (Fsp3) is 0.208. The lowest BCUT2D eigenvalue weighted by Crippen LogP contribution is -2.32. The van der Waals surface area contributed by atoms with Crippen molar-refractivity contribution in [3.8, 4) is 0 Å². The first-order valence-corrected chi connectivity index (χ1v) is 11.8. The van der Waals surface area contributed by atoms with Gasteiger partial charge in [-0.05, 0) is 62.6 Å². The van der Waals surface area contributed by atoms with Gasteiger partial charge in [-0.2, -0.15) is 0 Å². The normalized spacial score (nSPS) is 12.2. The van der Waals surface area contributed by atoms with Crippen molar-refractivity contribution in [2.24, 2.45) is 0 Å². The molecule has 1 unspecified atom stereocenters. The predicted molar refractivity (Wildman–Crippen MR) is 125 cm³/mol. The maximum absolute atomic E-state index is 12.6. The Morgan fingerprint density at radius 2 is 1.68 bits per heavy atom. The zero-order chi connectivity index (χ0) is 22.4. The van der Waals surface area contributed by atoms with E-state index in [1.54, 1.807) is 18.2 Å². The van der Waals surface area contributed by atoms with E-state index < -0.39 is 10.0 Å². The number of aryl methyl sites for hydroxylation is 2. The number of carbonyl (C=O) groups excluding carboxylic acids is 1. The third-order valence-electron chi connectivity index (χ3n) is 4.89. The largest absolute Gasteiger partial charge is 0.350 e. The van der Waals surface area contributed by atoms with Crippen molar-refractivity contribution >= 4 is 33.2 Å². The summed E-state index contributed by atoms with van der Waals surface area (Å²) in [6.45, 7) is 3.83. The molecule has 0 spiro atoms. The highest BCUT2D eigenvalue weighted by Crippen LogP contribution is 2.26. The second-order valence-electron chi connectivity index (χ2n) is 7.51. The van der Waals surface area contributed by atoms with E-state index in [0.717, 1.165) is 18.4 Å². The van der Waals surface area contributed by atoms with E-state index >= 15 is 0 Å². The van der Waals surface area contributed by atoms with Crippen LogP contribution in [0.15, 0.2) is 77.7 Å². The average Bonchev–Trinajstić information content (AvgIpc) is 2.74. The zero-order valence-corrected chi connectivity index (χ0v) is 19.0. The molecule has 1 amide bonds. The molecule has 3 rings (SSSR count). The van der Waals surface area contributed by atoms with Gasteiger partial charge in [0.1, 0.15) is 0 Å². The van der Waals surface area contributed by atoms with Gasteiger partial charge in [0.05, 0.1) is 15.6 Å². The minimum absolute atomic E-state index is 0.0220. The molecule has 3 aromatic rings. The quantitative estimate of drug-likeness (QED) is 0.489. The number of nitrogens with one attached hydrogen (secondary N) is 2. The predicted octanol–water partition coefficient (Wildman–Crippen LogP) is 5.20. The van der Waals surface area contributed by atoms with Gasteiger partial charge in [-0.15, -0.1) is 0 Å². The van der Waals surface area contributed by atoms with Gasteiger partial charge in [0.2, 0.25) is 0 Å². The molecule has 0 fully saturated rings. The van der Waals surface area contributed by atoms with Crippen molar-refractivity contribution in [3.05, 3.63) is 94.5 Å². The number of sulfonamides is 1. The third kappa shape index (κ3) is 6.32. The first kappa shape index (κ1) is 22.8. The molecule has 0 radical (unpaired) electrons. The number of benzene rings is 3. The SMILES string of the molecule is Cc1ccc(S(=O)(=O)Nc2ccc(C(=O)NC(C)CCc3ccccc3)cc2Cl)cc1. The Morgan fingerprint density at radius 1 is 1.00 bits per heavy atom. The van der Waals surface area contributed by atoms with Gasteiger partial charge in [-0.1, -0.05) is 59.6 Å². The highest BCUT2D eigenvalue weighted by molar-refractivity contribution is 7.92. The highest BCUT2D eigenvalue weighted by Gasteiger charge is 2.17. The van der Waals surface area contributed by atoms with Crippen LogP contribution in [-0.2, 0) is 16.4 Å². The number of halogens is 1. The van der Waals surface area contributed by atoms with E-state index in [4.69, 9.17) is 11.6 Å². The number of hydrogen-bond acceptors (Lipinski definition) is 3. The van der Waals surface area contributed by atoms with Gasteiger partial charge in [0, 0.05) is 11.6 Å². The molecule has 0 aliphatic carbocycles. The monoisotopic (exact) mass is 456 g/mol. The van der Waals surface area contributed by atoms with Crippen molar-refractivity contribution in [3.63, 3.8) is 0 Å². The number of carbonyl (C=O) groups is 1. The van der Waals surface area contributed by atoms with Crippen LogP contribution in [0.4, 0.5) is 5.69 Å². The topological polar surface area (TPSA) is 75.3 Å². The summed E-state index contributed by atoms with van der Waals surface area (Å²) >= 11 is 6.26. The van der Waals surface area contributed by atoms with Crippen molar-refractivity contribution in [1.82, 2.24) is 5.32 Å². The first-order valence-electron chi connectivity index (χ1n) is 9.98.